The number of carbonyl (C=O) groups excluding carboxylic acids is 1. The van der Waals surface area contributed by atoms with E-state index in [1.54, 1.807) is 0 Å². The molecule has 7 heteroatoms. The van der Waals surface area contributed by atoms with Crippen molar-refractivity contribution in [1.82, 2.24) is 5.32 Å². The number of nitrogens with zero attached hydrogens (tertiary/aromatic N) is 1. The van der Waals surface area contributed by atoms with E-state index in [1.165, 1.54) is 34.4 Å². The zero-order valence-corrected chi connectivity index (χ0v) is 17.1. The van der Waals surface area contributed by atoms with E-state index in [0.29, 0.717) is 18.2 Å². The topological polar surface area (TPSA) is 90.7 Å². The molecule has 1 N–H and O–H groups in total. The Morgan fingerprint density at radius 3 is 2.19 bits per heavy atom. The Kier molecular flexibility index (Phi) is 4.18. The lowest BCUT2D eigenvalue weighted by molar-refractivity contribution is -0.385. The highest BCUT2D eigenvalue weighted by Crippen LogP contribution is 2.55. The largest absolute Gasteiger partial charge is 0.454 e. The van der Waals surface area contributed by atoms with E-state index in [1.807, 2.05) is 0 Å². The number of amides is 1. The van der Waals surface area contributed by atoms with E-state index in [-0.39, 0.29) is 35.6 Å². The summed E-state index contributed by atoms with van der Waals surface area (Å²) in [6, 6.07) is 19.7. The number of nitrogens with one attached hydrogen (secondary N) is 1. The summed E-state index contributed by atoms with van der Waals surface area (Å²) in [6.07, 6.45) is 0.933. The summed E-state index contributed by atoms with van der Waals surface area (Å²) in [5.74, 6) is 0.861. The van der Waals surface area contributed by atoms with Gasteiger partial charge in [-0.15, -0.1) is 0 Å². The molecule has 0 saturated heterocycles. The second-order valence-corrected chi connectivity index (χ2v) is 8.47. The molecule has 3 aromatic rings. The highest BCUT2D eigenvalue weighted by Gasteiger charge is 2.43. The van der Waals surface area contributed by atoms with Crippen molar-refractivity contribution in [2.45, 2.75) is 18.3 Å². The van der Waals surface area contributed by atoms with E-state index >= 15 is 0 Å². The van der Waals surface area contributed by atoms with Crippen LogP contribution in [0.5, 0.6) is 11.5 Å². The van der Waals surface area contributed by atoms with E-state index in [2.05, 4.69) is 53.8 Å². The lowest BCUT2D eigenvalue weighted by Crippen LogP contribution is -2.39. The minimum Gasteiger partial charge on any atom is -0.454 e. The maximum absolute atomic E-state index is 13.0. The van der Waals surface area contributed by atoms with Gasteiger partial charge in [0, 0.05) is 24.4 Å². The number of fused-ring (bicyclic) bond motifs is 2. The minimum atomic E-state index is -0.564. The molecule has 0 unspecified atom stereocenters. The van der Waals surface area contributed by atoms with Gasteiger partial charge in [-0.3, -0.25) is 14.9 Å². The first-order chi connectivity index (χ1) is 15.6. The van der Waals surface area contributed by atoms with Crippen molar-refractivity contribution in [3.63, 3.8) is 0 Å². The number of rotatable bonds is 4. The minimum absolute atomic E-state index is 0.0124. The van der Waals surface area contributed by atoms with Crippen molar-refractivity contribution in [2.24, 2.45) is 5.92 Å². The maximum Gasteiger partial charge on any atom is 0.286 e. The molecule has 3 aromatic carbocycles. The van der Waals surface area contributed by atoms with Crippen LogP contribution in [0.25, 0.3) is 0 Å². The molecule has 160 valence electrons. The van der Waals surface area contributed by atoms with Crippen LogP contribution in [0, 0.1) is 16.0 Å². The Bertz CT molecular complexity index is 1220. The summed E-state index contributed by atoms with van der Waals surface area (Å²) < 4.78 is 10.5. The molecule has 0 spiro atoms. The molecule has 3 aliphatic carbocycles. The third-order valence-corrected chi connectivity index (χ3v) is 6.88. The standard InChI is InChI=1S/C25H20N2O5/c28-25(20-10-22-23(32-13-31-22)11-21(20)27(29)30)26-12-14-9-19-15-5-1-3-7-17(15)24(14)18-8-4-2-6-16(18)19/h1-8,10-11,14,19,24H,9,12-13H2,(H,26,28)/t14-,19?,24?/m1/s1. The Morgan fingerprint density at radius 1 is 0.969 bits per heavy atom. The fourth-order valence-corrected chi connectivity index (χ4v) is 5.54. The van der Waals surface area contributed by atoms with E-state index in [4.69, 9.17) is 9.47 Å². The molecule has 1 atom stereocenters. The molecule has 1 aliphatic heterocycles. The Labute approximate surface area is 184 Å². The molecular weight excluding hydrogens is 408 g/mol. The average Bonchev–Trinajstić information content (AvgIpc) is 3.29. The van der Waals surface area contributed by atoms with Gasteiger partial charge in [0.1, 0.15) is 5.56 Å². The number of nitro groups is 1. The van der Waals surface area contributed by atoms with Gasteiger partial charge < -0.3 is 14.8 Å². The number of hydrogen-bond acceptors (Lipinski definition) is 5. The van der Waals surface area contributed by atoms with Crippen LogP contribution in [0.2, 0.25) is 0 Å². The summed E-state index contributed by atoms with van der Waals surface area (Å²) in [7, 11) is 0. The molecule has 0 aromatic heterocycles. The maximum atomic E-state index is 13.0. The Hall–Kier alpha value is -3.87. The van der Waals surface area contributed by atoms with Gasteiger partial charge in [-0.2, -0.15) is 0 Å². The van der Waals surface area contributed by atoms with Crippen molar-refractivity contribution in [2.75, 3.05) is 13.3 Å². The predicted octanol–water partition coefficient (Wildman–Crippen LogP) is 4.35. The first-order valence-corrected chi connectivity index (χ1v) is 10.7. The van der Waals surface area contributed by atoms with Gasteiger partial charge in [0.15, 0.2) is 11.5 Å². The zero-order chi connectivity index (χ0) is 21.8. The normalized spacial score (nSPS) is 21.6. The predicted molar refractivity (Wildman–Crippen MR) is 116 cm³/mol. The first kappa shape index (κ1) is 18.9. The molecule has 4 aliphatic rings. The summed E-state index contributed by atoms with van der Waals surface area (Å²) in [5.41, 5.74) is 5.07. The van der Waals surface area contributed by atoms with Crippen LogP contribution in [0.15, 0.2) is 60.7 Å². The van der Waals surface area contributed by atoms with Gasteiger partial charge in [0.25, 0.3) is 11.6 Å². The highest BCUT2D eigenvalue weighted by atomic mass is 16.7. The Balaban J connectivity index is 1.29. The lowest BCUT2D eigenvalue weighted by atomic mass is 9.59. The molecule has 1 heterocycles. The van der Waals surface area contributed by atoms with Gasteiger partial charge in [-0.25, -0.2) is 0 Å². The summed E-state index contributed by atoms with van der Waals surface area (Å²) in [5, 5.41) is 14.5. The van der Waals surface area contributed by atoms with Crippen LogP contribution in [0.3, 0.4) is 0 Å². The smallest absolute Gasteiger partial charge is 0.286 e. The summed E-state index contributed by atoms with van der Waals surface area (Å²) >= 11 is 0. The van der Waals surface area contributed by atoms with E-state index < -0.39 is 10.8 Å². The molecule has 1 amide bonds. The Morgan fingerprint density at radius 2 is 1.56 bits per heavy atom. The summed E-state index contributed by atoms with van der Waals surface area (Å²) in [4.78, 5) is 24.0. The van der Waals surface area contributed by atoms with Crippen molar-refractivity contribution in [1.29, 1.82) is 0 Å². The van der Waals surface area contributed by atoms with Crippen molar-refractivity contribution >= 4 is 11.6 Å². The van der Waals surface area contributed by atoms with Gasteiger partial charge in [-0.1, -0.05) is 48.5 Å². The number of benzene rings is 3. The molecule has 0 radical (unpaired) electrons. The fraction of sp³-hybridized carbons (Fsp3) is 0.240. The second-order valence-electron chi connectivity index (χ2n) is 8.47. The molecule has 2 bridgehead atoms. The molecule has 7 nitrogen and oxygen atoms in total. The molecular formula is C25H20N2O5. The number of nitro benzene ring substituents is 1. The average molecular weight is 428 g/mol. The van der Waals surface area contributed by atoms with Gasteiger partial charge >= 0.3 is 0 Å². The van der Waals surface area contributed by atoms with Crippen LogP contribution in [0.1, 0.15) is 50.9 Å². The van der Waals surface area contributed by atoms with Gasteiger partial charge in [-0.05, 0) is 34.6 Å². The van der Waals surface area contributed by atoms with Crippen molar-refractivity contribution in [3.05, 3.63) is 98.6 Å². The van der Waals surface area contributed by atoms with Crippen LogP contribution in [-0.2, 0) is 0 Å². The van der Waals surface area contributed by atoms with Crippen LogP contribution in [-0.4, -0.2) is 24.2 Å². The zero-order valence-electron chi connectivity index (χ0n) is 17.1. The monoisotopic (exact) mass is 428 g/mol. The van der Waals surface area contributed by atoms with Crippen molar-refractivity contribution in [3.8, 4) is 11.5 Å². The van der Waals surface area contributed by atoms with E-state index in [0.717, 1.165) is 6.42 Å². The molecule has 7 rings (SSSR count). The quantitative estimate of drug-likeness (QED) is 0.493. The SMILES string of the molecule is O=C(NC[C@H]1CC2c3ccccc3C1c1ccccc12)c1cc2c(cc1[N+](=O)[O-])OCO2. The highest BCUT2D eigenvalue weighted by molar-refractivity contribution is 5.99. The number of hydrogen-bond donors (Lipinski definition) is 1. The third kappa shape index (κ3) is 2.77. The third-order valence-electron chi connectivity index (χ3n) is 6.88. The molecule has 0 fully saturated rings. The second kappa shape index (κ2) is 7.09. The summed E-state index contributed by atoms with van der Waals surface area (Å²) in [6.45, 7) is 0.426. The first-order valence-electron chi connectivity index (χ1n) is 10.7. The molecule has 32 heavy (non-hydrogen) atoms. The van der Waals surface area contributed by atoms with Gasteiger partial charge in [0.05, 0.1) is 11.0 Å². The molecule has 0 saturated carbocycles. The van der Waals surface area contributed by atoms with E-state index in [9.17, 15) is 14.9 Å². The number of ether oxygens (including phenoxy) is 2. The van der Waals surface area contributed by atoms with Crippen LogP contribution >= 0.6 is 0 Å². The van der Waals surface area contributed by atoms with Crippen LogP contribution < -0.4 is 14.8 Å². The fourth-order valence-electron chi connectivity index (χ4n) is 5.54. The lowest BCUT2D eigenvalue weighted by Gasteiger charge is -2.45. The number of carbonyl (C=O) groups is 1. The van der Waals surface area contributed by atoms with Crippen LogP contribution in [0.4, 0.5) is 5.69 Å². The van der Waals surface area contributed by atoms with Crippen molar-refractivity contribution < 1.29 is 19.2 Å². The van der Waals surface area contributed by atoms with Gasteiger partial charge in [0.2, 0.25) is 6.79 Å².